The molecule has 14 heavy (non-hydrogen) atoms. The number of ether oxygens (including phenoxy) is 2. The Morgan fingerprint density at radius 3 is 2.14 bits per heavy atom. The van der Waals surface area contributed by atoms with Gasteiger partial charge in [0.1, 0.15) is 5.75 Å². The number of nitrogens with zero attached hydrogens (tertiary/aromatic N) is 1. The van der Waals surface area contributed by atoms with Crippen molar-refractivity contribution in [3.8, 4) is 0 Å². The van der Waals surface area contributed by atoms with Gasteiger partial charge >= 0.3 is 17.8 Å². The summed E-state index contributed by atoms with van der Waals surface area (Å²) in [5.74, 6) is -2.17. The second kappa shape index (κ2) is 4.00. The highest BCUT2D eigenvalue weighted by atomic mass is 32.2. The smallest absolute Gasteiger partial charge is 0.370 e. The first kappa shape index (κ1) is 11.0. The van der Waals surface area contributed by atoms with E-state index in [2.05, 4.69) is 4.99 Å². The van der Waals surface area contributed by atoms with E-state index in [9.17, 15) is 9.59 Å². The van der Waals surface area contributed by atoms with Crippen molar-refractivity contribution in [1.29, 1.82) is 0 Å². The Morgan fingerprint density at radius 1 is 1.36 bits per heavy atom. The lowest BCUT2D eigenvalue weighted by Crippen LogP contribution is -2.37. The van der Waals surface area contributed by atoms with Crippen molar-refractivity contribution in [2.45, 2.75) is 26.7 Å². The van der Waals surface area contributed by atoms with Gasteiger partial charge in [0.05, 0.1) is 5.04 Å². The fraction of sp³-hybridized carbons (Fsp3) is 0.625. The molecule has 0 fully saturated rings. The van der Waals surface area contributed by atoms with Gasteiger partial charge in [-0.15, -0.1) is 11.8 Å². The Hall–Kier alpha value is -1.04. The molecule has 0 unspecified atom stereocenters. The maximum absolute atomic E-state index is 10.8. The Bertz CT molecular complexity index is 284. The normalized spacial score (nSPS) is 18.6. The third-order valence-electron chi connectivity index (χ3n) is 1.40. The first-order chi connectivity index (χ1) is 6.43. The number of carbonyl (C=O) groups is 2. The molecule has 0 N–H and O–H groups in total. The van der Waals surface area contributed by atoms with Crippen LogP contribution in [0.2, 0.25) is 0 Å². The molecule has 0 saturated carbocycles. The van der Waals surface area contributed by atoms with Crippen LogP contribution >= 0.6 is 11.8 Å². The maximum atomic E-state index is 10.8. The number of hydrogen-bond acceptors (Lipinski definition) is 6. The quantitative estimate of drug-likeness (QED) is 0.508. The molecule has 0 aromatic carbocycles. The van der Waals surface area contributed by atoms with Crippen molar-refractivity contribution in [2.75, 3.05) is 5.75 Å². The molecule has 0 spiro atoms. The predicted octanol–water partition coefficient (Wildman–Crippen LogP) is 0.932. The number of carbonyl (C=O) groups excluding carboxylic acids is 2. The Kier molecular flexibility index (Phi) is 3.15. The van der Waals surface area contributed by atoms with Gasteiger partial charge in [-0.2, -0.15) is 4.99 Å². The van der Waals surface area contributed by atoms with Crippen LogP contribution < -0.4 is 0 Å². The maximum Gasteiger partial charge on any atom is 0.370 e. The predicted molar refractivity (Wildman–Crippen MR) is 51.8 cm³/mol. The molecule has 0 radical (unpaired) electrons. The summed E-state index contributed by atoms with van der Waals surface area (Å²) >= 11 is 1.38. The number of rotatable bonds is 2. The van der Waals surface area contributed by atoms with Crippen molar-refractivity contribution < 1.29 is 19.1 Å². The Balaban J connectivity index is 2.80. The minimum Gasteiger partial charge on any atom is -0.402 e. The van der Waals surface area contributed by atoms with Gasteiger partial charge in [-0.05, 0) is 6.92 Å². The molecule has 0 aliphatic carbocycles. The molecule has 1 rings (SSSR count). The number of thioether (sulfide) groups is 1. The van der Waals surface area contributed by atoms with Crippen molar-refractivity contribution in [3.63, 3.8) is 0 Å². The van der Waals surface area contributed by atoms with Crippen molar-refractivity contribution in [2.24, 2.45) is 4.99 Å². The largest absolute Gasteiger partial charge is 0.402 e. The van der Waals surface area contributed by atoms with Crippen LogP contribution in [0.25, 0.3) is 0 Å². The van der Waals surface area contributed by atoms with Crippen LogP contribution in [-0.4, -0.2) is 28.6 Å². The van der Waals surface area contributed by atoms with E-state index in [0.29, 0.717) is 5.75 Å². The lowest BCUT2D eigenvalue weighted by Gasteiger charge is -2.23. The van der Waals surface area contributed by atoms with Crippen molar-refractivity contribution >= 4 is 28.7 Å². The van der Waals surface area contributed by atoms with Gasteiger partial charge in [0, 0.05) is 13.8 Å². The highest BCUT2D eigenvalue weighted by molar-refractivity contribution is 8.14. The third-order valence-corrected chi connectivity index (χ3v) is 2.42. The highest BCUT2D eigenvalue weighted by Gasteiger charge is 2.41. The number of aliphatic imine (C=N–C) groups is 1. The lowest BCUT2D eigenvalue weighted by molar-refractivity contribution is -0.213. The molecule has 78 valence electrons. The second-order valence-corrected chi connectivity index (χ2v) is 3.99. The van der Waals surface area contributed by atoms with Crippen LogP contribution in [0.15, 0.2) is 4.99 Å². The molecule has 5 nitrogen and oxygen atoms in total. The zero-order valence-corrected chi connectivity index (χ0v) is 9.01. The van der Waals surface area contributed by atoms with E-state index in [1.807, 2.05) is 0 Å². The zero-order chi connectivity index (χ0) is 10.8. The molecule has 1 aliphatic rings. The van der Waals surface area contributed by atoms with Crippen LogP contribution in [0.5, 0.6) is 0 Å². The summed E-state index contributed by atoms with van der Waals surface area (Å²) in [6.45, 7) is 4.26. The van der Waals surface area contributed by atoms with Gasteiger partial charge in [0.15, 0.2) is 0 Å². The topological polar surface area (TPSA) is 65.0 Å². The van der Waals surface area contributed by atoms with Crippen LogP contribution in [0.4, 0.5) is 0 Å². The molecule has 0 bridgehead atoms. The van der Waals surface area contributed by atoms with Gasteiger partial charge in [-0.25, -0.2) is 0 Å². The van der Waals surface area contributed by atoms with Gasteiger partial charge < -0.3 is 9.47 Å². The fourth-order valence-corrected chi connectivity index (χ4v) is 1.85. The average Bonchev–Trinajstić information content (AvgIpc) is 2.28. The molecule has 0 saturated heterocycles. The first-order valence-electron chi connectivity index (χ1n) is 4.02. The lowest BCUT2D eigenvalue weighted by atomic mass is 10.5. The summed E-state index contributed by atoms with van der Waals surface area (Å²) in [5.41, 5.74) is 0. The Labute approximate surface area is 85.9 Å². The van der Waals surface area contributed by atoms with Crippen LogP contribution in [0.3, 0.4) is 0 Å². The molecular formula is C8H11NO4S. The molecule has 1 aliphatic heterocycles. The molecule has 6 heteroatoms. The summed E-state index contributed by atoms with van der Waals surface area (Å²) in [6.07, 6.45) is 0. The van der Waals surface area contributed by atoms with E-state index in [-0.39, 0.29) is 0 Å². The van der Waals surface area contributed by atoms with Crippen molar-refractivity contribution in [3.05, 3.63) is 0 Å². The number of esters is 2. The van der Waals surface area contributed by atoms with E-state index in [4.69, 9.17) is 9.47 Å². The summed E-state index contributed by atoms with van der Waals surface area (Å²) in [6, 6.07) is 0. The van der Waals surface area contributed by atoms with Gasteiger partial charge in [0.25, 0.3) is 0 Å². The second-order valence-electron chi connectivity index (χ2n) is 2.82. The monoisotopic (exact) mass is 217 g/mol. The summed E-state index contributed by atoms with van der Waals surface area (Å²) in [7, 11) is 0. The molecule has 0 aromatic rings. The highest BCUT2D eigenvalue weighted by Crippen LogP contribution is 2.30. The van der Waals surface area contributed by atoms with Crippen LogP contribution in [0.1, 0.15) is 20.8 Å². The van der Waals surface area contributed by atoms with Crippen LogP contribution in [-0.2, 0) is 19.1 Å². The van der Waals surface area contributed by atoms with E-state index in [0.717, 1.165) is 5.04 Å². The SMILES string of the molecule is CC(=O)OC1(OC(C)=O)CSC(C)=N1. The number of hydrogen-bond donors (Lipinski definition) is 0. The van der Waals surface area contributed by atoms with Gasteiger partial charge in [0.2, 0.25) is 0 Å². The van der Waals surface area contributed by atoms with Crippen molar-refractivity contribution in [1.82, 2.24) is 0 Å². The minimum absolute atomic E-state index is 0.317. The fourth-order valence-electron chi connectivity index (χ4n) is 1.07. The molecule has 0 amide bonds. The van der Waals surface area contributed by atoms with E-state index >= 15 is 0 Å². The van der Waals surface area contributed by atoms with Crippen LogP contribution in [0, 0.1) is 0 Å². The Morgan fingerprint density at radius 2 is 1.86 bits per heavy atom. The zero-order valence-electron chi connectivity index (χ0n) is 8.20. The van der Waals surface area contributed by atoms with E-state index in [1.165, 1.54) is 25.6 Å². The average molecular weight is 217 g/mol. The molecule has 1 heterocycles. The minimum atomic E-state index is -1.44. The first-order valence-corrected chi connectivity index (χ1v) is 5.00. The standard InChI is InChI=1S/C8H11NO4S/c1-5-9-8(4-14-5,12-6(2)10)13-7(3)11/h4H2,1-3H3. The van der Waals surface area contributed by atoms with E-state index < -0.39 is 17.8 Å². The molecule has 0 atom stereocenters. The molecule has 0 aromatic heterocycles. The van der Waals surface area contributed by atoms with E-state index in [1.54, 1.807) is 6.92 Å². The molecular weight excluding hydrogens is 206 g/mol. The summed E-state index contributed by atoms with van der Waals surface area (Å²) < 4.78 is 9.78. The summed E-state index contributed by atoms with van der Waals surface area (Å²) in [4.78, 5) is 25.6. The summed E-state index contributed by atoms with van der Waals surface area (Å²) in [5, 5.41) is 0.729. The third kappa shape index (κ3) is 2.73. The van der Waals surface area contributed by atoms with Gasteiger partial charge in [-0.1, -0.05) is 0 Å². The van der Waals surface area contributed by atoms with Gasteiger partial charge in [-0.3, -0.25) is 9.59 Å².